The molecule has 2 fully saturated rings. The summed E-state index contributed by atoms with van der Waals surface area (Å²) in [6.45, 7) is 0. The summed E-state index contributed by atoms with van der Waals surface area (Å²) < 4.78 is 0. The molecule has 0 saturated heterocycles. The molecule has 0 aromatic heterocycles. The van der Waals surface area contributed by atoms with Crippen molar-refractivity contribution in [1.29, 1.82) is 5.26 Å². The smallest absolute Gasteiger partial charge is 0.108 e. The summed E-state index contributed by atoms with van der Waals surface area (Å²) in [5.41, 5.74) is -0.252. The molecule has 1 N–H and O–H groups in total. The molecule has 3 nitrogen and oxygen atoms in total. The lowest BCUT2D eigenvalue weighted by Crippen LogP contribution is -2.43. The van der Waals surface area contributed by atoms with Gasteiger partial charge in [0.25, 0.3) is 0 Å². The van der Waals surface area contributed by atoms with Crippen molar-refractivity contribution in [3.8, 4) is 6.07 Å². The molecule has 2 aliphatic rings. The van der Waals surface area contributed by atoms with Gasteiger partial charge in [0, 0.05) is 12.1 Å². The molecule has 2 saturated carbocycles. The van der Waals surface area contributed by atoms with Crippen LogP contribution in [-0.2, 0) is 0 Å². The molecule has 2 rings (SSSR count). The predicted molar refractivity (Wildman–Crippen MR) is 65.1 cm³/mol. The Hall–Kier alpha value is -0.590. The molecular formula is C13H23N3. The van der Waals surface area contributed by atoms with Crippen LogP contribution in [0.4, 0.5) is 0 Å². The molecule has 90 valence electrons. The van der Waals surface area contributed by atoms with Crippen LogP contribution in [-0.4, -0.2) is 36.6 Å². The maximum absolute atomic E-state index is 9.25. The molecule has 2 atom stereocenters. The summed E-state index contributed by atoms with van der Waals surface area (Å²) in [6.07, 6.45) is 8.64. The van der Waals surface area contributed by atoms with Crippen molar-refractivity contribution in [2.45, 2.75) is 62.6 Å². The van der Waals surface area contributed by atoms with Crippen LogP contribution < -0.4 is 5.32 Å². The summed E-state index contributed by atoms with van der Waals surface area (Å²) in [5, 5.41) is 12.5. The first-order valence-electron chi connectivity index (χ1n) is 6.53. The highest BCUT2D eigenvalue weighted by Gasteiger charge is 2.41. The lowest BCUT2D eigenvalue weighted by molar-refractivity contribution is 0.172. The van der Waals surface area contributed by atoms with Crippen molar-refractivity contribution in [3.63, 3.8) is 0 Å². The summed E-state index contributed by atoms with van der Waals surface area (Å²) >= 11 is 0. The van der Waals surface area contributed by atoms with Crippen LogP contribution in [0.2, 0.25) is 0 Å². The first kappa shape index (κ1) is 11.9. The first-order valence-corrected chi connectivity index (χ1v) is 6.53. The van der Waals surface area contributed by atoms with Gasteiger partial charge in [0.05, 0.1) is 6.07 Å². The highest BCUT2D eigenvalue weighted by atomic mass is 15.2. The number of nitrogens with one attached hydrogen (secondary N) is 1. The van der Waals surface area contributed by atoms with Crippen molar-refractivity contribution >= 4 is 0 Å². The van der Waals surface area contributed by atoms with Crippen LogP contribution in [0.15, 0.2) is 0 Å². The van der Waals surface area contributed by atoms with Crippen molar-refractivity contribution in [2.24, 2.45) is 0 Å². The van der Waals surface area contributed by atoms with E-state index < -0.39 is 0 Å². The zero-order valence-electron chi connectivity index (χ0n) is 10.5. The van der Waals surface area contributed by atoms with E-state index in [0.717, 1.165) is 18.9 Å². The van der Waals surface area contributed by atoms with Gasteiger partial charge in [-0.25, -0.2) is 0 Å². The van der Waals surface area contributed by atoms with Crippen LogP contribution >= 0.6 is 0 Å². The second-order valence-electron chi connectivity index (χ2n) is 5.44. The second-order valence-corrected chi connectivity index (χ2v) is 5.44. The first-order chi connectivity index (χ1) is 7.71. The Balaban J connectivity index is 1.95. The Bertz CT molecular complexity index is 277. The van der Waals surface area contributed by atoms with Crippen molar-refractivity contribution in [2.75, 3.05) is 14.1 Å². The summed E-state index contributed by atoms with van der Waals surface area (Å²) in [6, 6.07) is 3.85. The van der Waals surface area contributed by atoms with Crippen LogP contribution in [0.5, 0.6) is 0 Å². The van der Waals surface area contributed by atoms with E-state index in [1.54, 1.807) is 0 Å². The van der Waals surface area contributed by atoms with Crippen LogP contribution in [0.1, 0.15) is 44.9 Å². The van der Waals surface area contributed by atoms with Gasteiger partial charge in [-0.15, -0.1) is 0 Å². The lowest BCUT2D eigenvalue weighted by Gasteiger charge is -2.31. The molecular weight excluding hydrogens is 198 g/mol. The summed E-state index contributed by atoms with van der Waals surface area (Å²) in [4.78, 5) is 2.55. The third-order valence-corrected chi connectivity index (χ3v) is 4.66. The van der Waals surface area contributed by atoms with E-state index in [1.165, 1.54) is 32.1 Å². The number of rotatable bonds is 3. The van der Waals surface area contributed by atoms with Crippen molar-refractivity contribution < 1.29 is 0 Å². The minimum absolute atomic E-state index is 0.252. The van der Waals surface area contributed by atoms with Gasteiger partial charge in [-0.1, -0.05) is 12.8 Å². The molecule has 0 aliphatic heterocycles. The van der Waals surface area contributed by atoms with Crippen molar-refractivity contribution in [1.82, 2.24) is 10.2 Å². The SMILES string of the molecule is CNC1(C#N)CCC(N(C)C2CCCC2)C1. The summed E-state index contributed by atoms with van der Waals surface area (Å²) in [7, 11) is 4.17. The standard InChI is InChI=1S/C13H23N3/c1-15-13(10-14)8-7-12(9-13)16(2)11-5-3-4-6-11/h11-12,15H,3-9H2,1-2H3. The van der Waals surface area contributed by atoms with Gasteiger partial charge in [0.1, 0.15) is 5.54 Å². The quantitative estimate of drug-likeness (QED) is 0.791. The maximum Gasteiger partial charge on any atom is 0.108 e. The molecule has 0 aromatic carbocycles. The van der Waals surface area contributed by atoms with Crippen LogP contribution in [0.3, 0.4) is 0 Å². The van der Waals surface area contributed by atoms with E-state index in [2.05, 4.69) is 23.3 Å². The Morgan fingerprint density at radius 1 is 1.25 bits per heavy atom. The van der Waals surface area contributed by atoms with E-state index in [9.17, 15) is 5.26 Å². The minimum Gasteiger partial charge on any atom is -0.302 e. The van der Waals surface area contributed by atoms with Crippen molar-refractivity contribution in [3.05, 3.63) is 0 Å². The number of nitriles is 1. The number of hydrogen-bond donors (Lipinski definition) is 1. The Kier molecular flexibility index (Phi) is 3.51. The molecule has 0 bridgehead atoms. The Morgan fingerprint density at radius 3 is 2.44 bits per heavy atom. The highest BCUT2D eigenvalue weighted by Crippen LogP contribution is 2.35. The van der Waals surface area contributed by atoms with E-state index >= 15 is 0 Å². The monoisotopic (exact) mass is 221 g/mol. The van der Waals surface area contributed by atoms with Gasteiger partial charge < -0.3 is 10.2 Å². The van der Waals surface area contributed by atoms with E-state index in [1.807, 2.05) is 7.05 Å². The fourth-order valence-corrected chi connectivity index (χ4v) is 3.36. The predicted octanol–water partition coefficient (Wildman–Crippen LogP) is 1.90. The fourth-order valence-electron chi connectivity index (χ4n) is 3.36. The van der Waals surface area contributed by atoms with Crippen LogP contribution in [0, 0.1) is 11.3 Å². The van der Waals surface area contributed by atoms with E-state index in [-0.39, 0.29) is 5.54 Å². The van der Waals surface area contributed by atoms with Gasteiger partial charge in [0.15, 0.2) is 0 Å². The zero-order valence-corrected chi connectivity index (χ0v) is 10.5. The molecule has 2 aliphatic carbocycles. The molecule has 0 heterocycles. The summed E-state index contributed by atoms with van der Waals surface area (Å²) in [5.74, 6) is 0. The number of nitrogens with zero attached hydrogens (tertiary/aromatic N) is 2. The van der Waals surface area contributed by atoms with Gasteiger partial charge in [-0.3, -0.25) is 0 Å². The lowest BCUT2D eigenvalue weighted by atomic mass is 9.99. The Labute approximate surface area is 98.8 Å². The highest BCUT2D eigenvalue weighted by molar-refractivity contribution is 5.13. The van der Waals surface area contributed by atoms with Crippen LogP contribution in [0.25, 0.3) is 0 Å². The largest absolute Gasteiger partial charge is 0.302 e. The molecule has 0 aromatic rings. The minimum atomic E-state index is -0.252. The topological polar surface area (TPSA) is 39.1 Å². The molecule has 0 amide bonds. The van der Waals surface area contributed by atoms with E-state index in [4.69, 9.17) is 0 Å². The average Bonchev–Trinajstić information content (AvgIpc) is 2.98. The normalized spacial score (nSPS) is 35.8. The molecule has 0 spiro atoms. The average molecular weight is 221 g/mol. The maximum atomic E-state index is 9.25. The van der Waals surface area contributed by atoms with Gasteiger partial charge in [-0.05, 0) is 46.2 Å². The third kappa shape index (κ3) is 2.09. The van der Waals surface area contributed by atoms with Gasteiger partial charge >= 0.3 is 0 Å². The molecule has 3 heteroatoms. The molecule has 2 unspecified atom stereocenters. The second kappa shape index (κ2) is 4.73. The molecule has 16 heavy (non-hydrogen) atoms. The zero-order chi connectivity index (χ0) is 11.6. The third-order valence-electron chi connectivity index (χ3n) is 4.66. The van der Waals surface area contributed by atoms with Gasteiger partial charge in [0.2, 0.25) is 0 Å². The number of hydrogen-bond acceptors (Lipinski definition) is 3. The van der Waals surface area contributed by atoms with E-state index in [0.29, 0.717) is 6.04 Å². The van der Waals surface area contributed by atoms with Gasteiger partial charge in [-0.2, -0.15) is 5.26 Å². The fraction of sp³-hybridized carbons (Fsp3) is 0.923. The Morgan fingerprint density at radius 2 is 1.94 bits per heavy atom. The molecule has 0 radical (unpaired) electrons.